The summed E-state index contributed by atoms with van der Waals surface area (Å²) in [5, 5.41) is 2.91. The fourth-order valence-corrected chi connectivity index (χ4v) is 2.00. The number of hydrogen-bond donors (Lipinski definition) is 1. The number of likely N-dealkylation sites (N-methyl/N-ethyl adjacent to an activating group) is 1. The van der Waals surface area contributed by atoms with Crippen LogP contribution in [0.25, 0.3) is 0 Å². The third-order valence-corrected chi connectivity index (χ3v) is 2.53. The molecular weight excluding hydrogens is 194 g/mol. The first kappa shape index (κ1) is 12.0. The second kappa shape index (κ2) is 5.16. The number of carbonyl (C=O) groups excluding carboxylic acids is 1. The minimum absolute atomic E-state index is 0.164. The van der Waals surface area contributed by atoms with Gasteiger partial charge in [0.15, 0.2) is 0 Å². The number of ether oxygens (including phenoxy) is 2. The molecular formula is C11H19NO3. The number of rotatable bonds is 2. The minimum Gasteiger partial charge on any atom is -0.464 e. The van der Waals surface area contributed by atoms with Gasteiger partial charge in [0, 0.05) is 7.05 Å². The van der Waals surface area contributed by atoms with Crippen molar-refractivity contribution < 1.29 is 14.3 Å². The highest BCUT2D eigenvalue weighted by atomic mass is 16.5. The third-order valence-electron chi connectivity index (χ3n) is 2.53. The van der Waals surface area contributed by atoms with Crippen LogP contribution < -0.4 is 5.32 Å². The second-order valence-electron chi connectivity index (χ2n) is 3.89. The second-order valence-corrected chi connectivity index (χ2v) is 3.89. The van der Waals surface area contributed by atoms with E-state index < -0.39 is 0 Å². The number of carbonyl (C=O) groups is 1. The van der Waals surface area contributed by atoms with E-state index >= 15 is 0 Å². The van der Waals surface area contributed by atoms with Crippen LogP contribution in [0.4, 0.5) is 0 Å². The maximum atomic E-state index is 11.5. The lowest BCUT2D eigenvalue weighted by molar-refractivity contribution is -0.136. The van der Waals surface area contributed by atoms with Gasteiger partial charge in [0.05, 0.1) is 19.3 Å². The number of esters is 1. The maximum Gasteiger partial charge on any atom is 0.354 e. The Kier molecular flexibility index (Phi) is 4.15. The van der Waals surface area contributed by atoms with Crippen LogP contribution in [-0.2, 0) is 14.3 Å². The number of methoxy groups -OCH3 is 1. The van der Waals surface area contributed by atoms with Gasteiger partial charge < -0.3 is 14.8 Å². The Morgan fingerprint density at radius 3 is 2.33 bits per heavy atom. The van der Waals surface area contributed by atoms with E-state index in [1.165, 1.54) is 7.11 Å². The van der Waals surface area contributed by atoms with Gasteiger partial charge in [-0.05, 0) is 32.3 Å². The molecule has 1 rings (SSSR count). The lowest BCUT2D eigenvalue weighted by atomic mass is 9.97. The Morgan fingerprint density at radius 2 is 1.93 bits per heavy atom. The highest BCUT2D eigenvalue weighted by Crippen LogP contribution is 2.26. The third kappa shape index (κ3) is 2.96. The largest absolute Gasteiger partial charge is 0.464 e. The molecule has 0 aromatic carbocycles. The van der Waals surface area contributed by atoms with Gasteiger partial charge in [-0.1, -0.05) is 0 Å². The van der Waals surface area contributed by atoms with Gasteiger partial charge in [0.2, 0.25) is 0 Å². The Balaban J connectivity index is 2.88. The Hall–Kier alpha value is -1.03. The summed E-state index contributed by atoms with van der Waals surface area (Å²) in [6.07, 6.45) is 1.90. The van der Waals surface area contributed by atoms with Crippen molar-refractivity contribution in [2.45, 2.75) is 38.9 Å². The van der Waals surface area contributed by atoms with Crippen LogP contribution in [0.2, 0.25) is 0 Å². The summed E-state index contributed by atoms with van der Waals surface area (Å²) >= 11 is 0. The molecule has 0 amide bonds. The molecule has 1 aliphatic rings. The van der Waals surface area contributed by atoms with E-state index in [-0.39, 0.29) is 18.2 Å². The van der Waals surface area contributed by atoms with E-state index in [2.05, 4.69) is 5.32 Å². The van der Waals surface area contributed by atoms with Gasteiger partial charge in [-0.3, -0.25) is 0 Å². The zero-order valence-corrected chi connectivity index (χ0v) is 9.79. The van der Waals surface area contributed by atoms with E-state index in [1.807, 2.05) is 13.8 Å². The number of nitrogens with one attached hydrogen (secondary N) is 1. The maximum absolute atomic E-state index is 11.5. The monoisotopic (exact) mass is 213 g/mol. The first-order valence-electron chi connectivity index (χ1n) is 5.22. The first-order valence-corrected chi connectivity index (χ1v) is 5.22. The molecule has 86 valence electrons. The van der Waals surface area contributed by atoms with Gasteiger partial charge in [-0.25, -0.2) is 4.79 Å². The van der Waals surface area contributed by atoms with Crippen molar-refractivity contribution in [1.82, 2.24) is 5.32 Å². The van der Waals surface area contributed by atoms with Crippen molar-refractivity contribution in [3.05, 3.63) is 11.3 Å². The van der Waals surface area contributed by atoms with Crippen molar-refractivity contribution in [1.29, 1.82) is 0 Å². The van der Waals surface area contributed by atoms with Crippen LogP contribution in [0.5, 0.6) is 0 Å². The molecule has 0 spiro atoms. The van der Waals surface area contributed by atoms with Gasteiger partial charge >= 0.3 is 5.97 Å². The highest BCUT2D eigenvalue weighted by Gasteiger charge is 2.24. The molecule has 0 aromatic rings. The summed E-state index contributed by atoms with van der Waals surface area (Å²) in [5.74, 6) is -0.297. The van der Waals surface area contributed by atoms with Gasteiger partial charge in [0.1, 0.15) is 5.70 Å². The molecule has 1 aliphatic heterocycles. The fourth-order valence-electron chi connectivity index (χ4n) is 2.00. The molecule has 1 heterocycles. The van der Waals surface area contributed by atoms with Crippen molar-refractivity contribution in [2.75, 3.05) is 14.2 Å². The SMILES string of the molecule is CNC(C(=O)OC)=C1C[C@@H](C)O[C@H](C)C1. The zero-order chi connectivity index (χ0) is 11.4. The molecule has 0 aliphatic carbocycles. The molecule has 1 N–H and O–H groups in total. The van der Waals surface area contributed by atoms with Crippen molar-refractivity contribution in [3.8, 4) is 0 Å². The van der Waals surface area contributed by atoms with Gasteiger partial charge in [-0.15, -0.1) is 0 Å². The van der Waals surface area contributed by atoms with E-state index in [4.69, 9.17) is 9.47 Å². The van der Waals surface area contributed by atoms with Crippen molar-refractivity contribution in [3.63, 3.8) is 0 Å². The summed E-state index contributed by atoms with van der Waals surface area (Å²) in [4.78, 5) is 11.5. The average molecular weight is 213 g/mol. The van der Waals surface area contributed by atoms with E-state index in [1.54, 1.807) is 7.05 Å². The van der Waals surface area contributed by atoms with E-state index in [9.17, 15) is 4.79 Å². The molecule has 0 saturated carbocycles. The Morgan fingerprint density at radius 1 is 1.40 bits per heavy atom. The van der Waals surface area contributed by atoms with Gasteiger partial charge in [-0.2, -0.15) is 0 Å². The quantitative estimate of drug-likeness (QED) is 0.553. The van der Waals surface area contributed by atoms with Crippen LogP contribution in [0.15, 0.2) is 11.3 Å². The van der Waals surface area contributed by atoms with Crippen molar-refractivity contribution >= 4 is 5.97 Å². The summed E-state index contributed by atoms with van der Waals surface area (Å²) in [6, 6.07) is 0. The predicted molar refractivity (Wildman–Crippen MR) is 57.3 cm³/mol. The molecule has 4 nitrogen and oxygen atoms in total. The van der Waals surface area contributed by atoms with Crippen molar-refractivity contribution in [2.24, 2.45) is 0 Å². The van der Waals surface area contributed by atoms with E-state index in [0.717, 1.165) is 18.4 Å². The lowest BCUT2D eigenvalue weighted by Gasteiger charge is -2.28. The van der Waals surface area contributed by atoms with Crippen LogP contribution >= 0.6 is 0 Å². The summed E-state index contributed by atoms with van der Waals surface area (Å²) in [7, 11) is 3.14. The number of hydrogen-bond acceptors (Lipinski definition) is 4. The fraction of sp³-hybridized carbons (Fsp3) is 0.727. The molecule has 0 bridgehead atoms. The normalized spacial score (nSPS) is 26.0. The van der Waals surface area contributed by atoms with Crippen LogP contribution in [0, 0.1) is 0 Å². The molecule has 0 aromatic heterocycles. The summed E-state index contributed by atoms with van der Waals surface area (Å²) in [6.45, 7) is 4.03. The molecule has 4 heteroatoms. The van der Waals surface area contributed by atoms with Crippen LogP contribution in [0.1, 0.15) is 26.7 Å². The highest BCUT2D eigenvalue weighted by molar-refractivity contribution is 5.88. The topological polar surface area (TPSA) is 47.6 Å². The summed E-state index contributed by atoms with van der Waals surface area (Å²) in [5.41, 5.74) is 1.68. The lowest BCUT2D eigenvalue weighted by Crippen LogP contribution is -2.29. The van der Waals surface area contributed by atoms with Gasteiger partial charge in [0.25, 0.3) is 0 Å². The Bertz CT molecular complexity index is 261. The predicted octanol–water partition coefficient (Wildman–Crippen LogP) is 1.22. The smallest absolute Gasteiger partial charge is 0.354 e. The zero-order valence-electron chi connectivity index (χ0n) is 9.79. The molecule has 1 fully saturated rings. The van der Waals surface area contributed by atoms with E-state index in [0.29, 0.717) is 5.70 Å². The Labute approximate surface area is 90.6 Å². The first-order chi connectivity index (χ1) is 7.08. The standard InChI is InChI=1S/C11H19NO3/c1-7-5-9(6-8(2)15-7)10(12-3)11(13)14-4/h7-8,12H,5-6H2,1-4H3/t7-,8-/m1/s1. The molecule has 1 saturated heterocycles. The molecule has 0 radical (unpaired) electrons. The molecule has 15 heavy (non-hydrogen) atoms. The molecule has 2 atom stereocenters. The summed E-state index contributed by atoms with van der Waals surface area (Å²) < 4.78 is 10.3. The van der Waals surface area contributed by atoms with Crippen LogP contribution in [-0.4, -0.2) is 32.3 Å². The minimum atomic E-state index is -0.297. The average Bonchev–Trinajstić information content (AvgIpc) is 2.17. The van der Waals surface area contributed by atoms with Crippen LogP contribution in [0.3, 0.4) is 0 Å². The molecule has 0 unspecified atom stereocenters.